The molecule has 3 nitrogen and oxygen atoms in total. The molecule has 1 aromatic rings. The van der Waals surface area contributed by atoms with Crippen LogP contribution in [-0.2, 0) is 0 Å². The lowest BCUT2D eigenvalue weighted by atomic mass is 10.1. The number of anilines is 1. The number of hydrogen-bond donors (Lipinski definition) is 0. The fraction of sp³-hybridized carbons (Fsp3) is 0.667. The first-order chi connectivity index (χ1) is 7.61. The summed E-state index contributed by atoms with van der Waals surface area (Å²) in [7, 11) is 0. The van der Waals surface area contributed by atoms with Crippen LogP contribution in [0.4, 0.5) is 5.82 Å². The first-order valence-electron chi connectivity index (χ1n) is 5.87. The third kappa shape index (κ3) is 2.85. The topological polar surface area (TPSA) is 29.0 Å². The van der Waals surface area contributed by atoms with Crippen LogP contribution in [0.1, 0.15) is 45.6 Å². The van der Waals surface area contributed by atoms with Crippen LogP contribution in [0.3, 0.4) is 0 Å². The van der Waals surface area contributed by atoms with Crippen molar-refractivity contribution in [2.75, 3.05) is 18.0 Å². The number of aromatic nitrogens is 2. The molecule has 0 saturated heterocycles. The van der Waals surface area contributed by atoms with Gasteiger partial charge < -0.3 is 4.90 Å². The standard InChI is InChI=1S/C12H20ClN3/c1-5-7-16(6-2)12-10(9(3)4)11(13)14-8-15-12/h8-9H,5-7H2,1-4H3. The Balaban J connectivity index is 3.15. The second kappa shape index (κ2) is 6.04. The maximum Gasteiger partial charge on any atom is 0.138 e. The van der Waals surface area contributed by atoms with Gasteiger partial charge in [0, 0.05) is 18.7 Å². The van der Waals surface area contributed by atoms with Crippen LogP contribution >= 0.6 is 11.6 Å². The van der Waals surface area contributed by atoms with Crippen LogP contribution in [0.5, 0.6) is 0 Å². The highest BCUT2D eigenvalue weighted by molar-refractivity contribution is 6.30. The Morgan fingerprint density at radius 2 is 2.00 bits per heavy atom. The summed E-state index contributed by atoms with van der Waals surface area (Å²) in [6.07, 6.45) is 2.65. The lowest BCUT2D eigenvalue weighted by Crippen LogP contribution is -2.26. The molecule has 1 heterocycles. The van der Waals surface area contributed by atoms with Gasteiger partial charge >= 0.3 is 0 Å². The van der Waals surface area contributed by atoms with E-state index in [2.05, 4.69) is 42.6 Å². The monoisotopic (exact) mass is 241 g/mol. The second-order valence-electron chi connectivity index (χ2n) is 4.14. The molecule has 1 rings (SSSR count). The summed E-state index contributed by atoms with van der Waals surface area (Å²) in [6.45, 7) is 10.5. The molecular weight excluding hydrogens is 222 g/mol. The Kier molecular flexibility index (Phi) is 5.00. The fourth-order valence-electron chi connectivity index (χ4n) is 1.80. The van der Waals surface area contributed by atoms with Gasteiger partial charge in [0.05, 0.1) is 0 Å². The second-order valence-corrected chi connectivity index (χ2v) is 4.49. The molecule has 0 atom stereocenters. The first kappa shape index (κ1) is 13.2. The minimum Gasteiger partial charge on any atom is -0.357 e. The predicted molar refractivity (Wildman–Crippen MR) is 69.3 cm³/mol. The molecule has 0 unspecified atom stereocenters. The largest absolute Gasteiger partial charge is 0.357 e. The first-order valence-corrected chi connectivity index (χ1v) is 6.24. The number of nitrogens with zero attached hydrogens (tertiary/aromatic N) is 3. The maximum absolute atomic E-state index is 6.15. The Hall–Kier alpha value is -0.830. The zero-order valence-corrected chi connectivity index (χ0v) is 11.3. The van der Waals surface area contributed by atoms with E-state index in [0.717, 1.165) is 30.9 Å². The molecule has 0 aromatic carbocycles. The molecule has 4 heteroatoms. The lowest BCUT2D eigenvalue weighted by molar-refractivity contribution is 0.750. The van der Waals surface area contributed by atoms with Crippen molar-refractivity contribution in [3.05, 3.63) is 17.0 Å². The van der Waals surface area contributed by atoms with Gasteiger partial charge in [-0.25, -0.2) is 9.97 Å². The Morgan fingerprint density at radius 3 is 2.50 bits per heavy atom. The van der Waals surface area contributed by atoms with Gasteiger partial charge in [0.25, 0.3) is 0 Å². The van der Waals surface area contributed by atoms with Crippen LogP contribution in [0.25, 0.3) is 0 Å². The minimum absolute atomic E-state index is 0.342. The van der Waals surface area contributed by atoms with E-state index in [1.54, 1.807) is 6.33 Å². The van der Waals surface area contributed by atoms with E-state index in [4.69, 9.17) is 11.6 Å². The molecule has 0 N–H and O–H groups in total. The van der Waals surface area contributed by atoms with Crippen LogP contribution < -0.4 is 4.90 Å². The van der Waals surface area contributed by atoms with Crippen molar-refractivity contribution in [3.63, 3.8) is 0 Å². The number of halogens is 1. The van der Waals surface area contributed by atoms with Crippen molar-refractivity contribution >= 4 is 17.4 Å². The smallest absolute Gasteiger partial charge is 0.138 e. The summed E-state index contributed by atoms with van der Waals surface area (Å²) < 4.78 is 0. The Morgan fingerprint density at radius 1 is 1.31 bits per heavy atom. The molecule has 90 valence electrons. The van der Waals surface area contributed by atoms with Crippen LogP contribution in [-0.4, -0.2) is 23.1 Å². The maximum atomic E-state index is 6.15. The highest BCUT2D eigenvalue weighted by atomic mass is 35.5. The average Bonchev–Trinajstić information content (AvgIpc) is 2.25. The normalized spacial score (nSPS) is 10.9. The number of hydrogen-bond acceptors (Lipinski definition) is 3. The molecule has 0 aliphatic heterocycles. The molecule has 0 radical (unpaired) electrons. The summed E-state index contributed by atoms with van der Waals surface area (Å²) in [4.78, 5) is 10.7. The summed E-state index contributed by atoms with van der Waals surface area (Å²) >= 11 is 6.15. The van der Waals surface area contributed by atoms with Crippen molar-refractivity contribution in [1.82, 2.24) is 9.97 Å². The lowest BCUT2D eigenvalue weighted by Gasteiger charge is -2.25. The summed E-state index contributed by atoms with van der Waals surface area (Å²) in [5, 5.41) is 0.578. The van der Waals surface area contributed by atoms with E-state index >= 15 is 0 Å². The predicted octanol–water partition coefficient (Wildman–Crippen LogP) is 3.49. The van der Waals surface area contributed by atoms with E-state index in [9.17, 15) is 0 Å². The van der Waals surface area contributed by atoms with E-state index < -0.39 is 0 Å². The van der Waals surface area contributed by atoms with Gasteiger partial charge in [0.15, 0.2) is 0 Å². The Bertz CT molecular complexity index is 339. The highest BCUT2D eigenvalue weighted by Crippen LogP contribution is 2.30. The van der Waals surface area contributed by atoms with Crippen molar-refractivity contribution in [2.45, 2.75) is 40.0 Å². The van der Waals surface area contributed by atoms with Crippen LogP contribution in [0, 0.1) is 0 Å². The molecule has 0 aliphatic carbocycles. The molecule has 1 aromatic heterocycles. The quantitative estimate of drug-likeness (QED) is 0.739. The van der Waals surface area contributed by atoms with Crippen LogP contribution in [0.2, 0.25) is 5.15 Å². The van der Waals surface area contributed by atoms with Crippen molar-refractivity contribution in [2.24, 2.45) is 0 Å². The fourth-order valence-corrected chi connectivity index (χ4v) is 2.14. The van der Waals surface area contributed by atoms with E-state index in [-0.39, 0.29) is 0 Å². The van der Waals surface area contributed by atoms with Gasteiger partial charge in [-0.2, -0.15) is 0 Å². The van der Waals surface area contributed by atoms with Gasteiger partial charge in [0.1, 0.15) is 17.3 Å². The van der Waals surface area contributed by atoms with Crippen LogP contribution in [0.15, 0.2) is 6.33 Å². The van der Waals surface area contributed by atoms with Gasteiger partial charge in [-0.1, -0.05) is 32.4 Å². The summed E-state index contributed by atoms with van der Waals surface area (Å²) in [5.74, 6) is 1.33. The van der Waals surface area contributed by atoms with Gasteiger partial charge in [0.2, 0.25) is 0 Å². The zero-order valence-electron chi connectivity index (χ0n) is 10.5. The molecule has 0 spiro atoms. The number of rotatable bonds is 5. The minimum atomic E-state index is 0.342. The van der Waals surface area contributed by atoms with Gasteiger partial charge in [-0.15, -0.1) is 0 Å². The Labute approximate surface area is 103 Å². The molecule has 0 amide bonds. The van der Waals surface area contributed by atoms with E-state index in [1.807, 2.05) is 0 Å². The van der Waals surface area contributed by atoms with E-state index in [1.165, 1.54) is 0 Å². The molecule has 0 bridgehead atoms. The van der Waals surface area contributed by atoms with Crippen molar-refractivity contribution in [1.29, 1.82) is 0 Å². The third-order valence-electron chi connectivity index (χ3n) is 2.57. The molecule has 0 fully saturated rings. The summed E-state index contributed by atoms with van der Waals surface area (Å²) in [5.41, 5.74) is 1.06. The molecule has 16 heavy (non-hydrogen) atoms. The molecular formula is C12H20ClN3. The third-order valence-corrected chi connectivity index (χ3v) is 2.87. The van der Waals surface area contributed by atoms with Crippen molar-refractivity contribution in [3.8, 4) is 0 Å². The average molecular weight is 242 g/mol. The SMILES string of the molecule is CCCN(CC)c1ncnc(Cl)c1C(C)C. The van der Waals surface area contributed by atoms with Gasteiger partial charge in [-0.3, -0.25) is 0 Å². The molecule has 0 aliphatic rings. The zero-order chi connectivity index (χ0) is 12.1. The van der Waals surface area contributed by atoms with E-state index in [0.29, 0.717) is 11.1 Å². The highest BCUT2D eigenvalue weighted by Gasteiger charge is 2.17. The van der Waals surface area contributed by atoms with Crippen molar-refractivity contribution < 1.29 is 0 Å². The van der Waals surface area contributed by atoms with Gasteiger partial charge in [-0.05, 0) is 19.3 Å². The summed E-state index contributed by atoms with van der Waals surface area (Å²) in [6, 6.07) is 0. The molecule has 0 saturated carbocycles.